The number of carbonyl (C=O) groups excluding carboxylic acids is 3. The Morgan fingerprint density at radius 2 is 1.77 bits per heavy atom. The maximum absolute atomic E-state index is 13.0. The average Bonchev–Trinajstić information content (AvgIpc) is 2.89. The third-order valence-corrected chi connectivity index (χ3v) is 8.37. The quantitative estimate of drug-likeness (QED) is 0.264. The summed E-state index contributed by atoms with van der Waals surface area (Å²) in [6.45, 7) is 4.31. The average molecular weight is 535 g/mol. The summed E-state index contributed by atoms with van der Waals surface area (Å²) in [6, 6.07) is 18.0. The van der Waals surface area contributed by atoms with Crippen LogP contribution in [-0.4, -0.2) is 54.5 Å². The fourth-order valence-corrected chi connectivity index (χ4v) is 6.68. The highest BCUT2D eigenvalue weighted by atomic mass is 16.6. The predicted molar refractivity (Wildman–Crippen MR) is 150 cm³/mol. The van der Waals surface area contributed by atoms with E-state index < -0.39 is 11.0 Å². The van der Waals surface area contributed by atoms with E-state index in [0.717, 1.165) is 50.6 Å². The van der Waals surface area contributed by atoms with Gasteiger partial charge in [0.2, 0.25) is 5.91 Å². The molecular formula is C32H42N2O5. The van der Waals surface area contributed by atoms with E-state index in [4.69, 9.17) is 9.47 Å². The third kappa shape index (κ3) is 7.07. The van der Waals surface area contributed by atoms with E-state index in [0.29, 0.717) is 31.6 Å². The van der Waals surface area contributed by atoms with Gasteiger partial charge in [-0.15, -0.1) is 0 Å². The minimum atomic E-state index is -0.723. The van der Waals surface area contributed by atoms with Crippen LogP contribution in [0.25, 0.3) is 0 Å². The first-order valence-electron chi connectivity index (χ1n) is 14.2. The highest BCUT2D eigenvalue weighted by Gasteiger charge is 2.60. The van der Waals surface area contributed by atoms with Crippen LogP contribution in [0.5, 0.6) is 5.75 Å². The van der Waals surface area contributed by atoms with Crippen LogP contribution in [0.1, 0.15) is 76.3 Å². The number of likely N-dealkylation sites (N-methyl/N-ethyl adjacent to an activating group) is 1. The van der Waals surface area contributed by atoms with Crippen molar-refractivity contribution < 1.29 is 23.9 Å². The molecule has 1 aliphatic carbocycles. The summed E-state index contributed by atoms with van der Waals surface area (Å²) in [5.41, 5.74) is 1.09. The lowest BCUT2D eigenvalue weighted by Crippen LogP contribution is -2.68. The number of piperidine rings is 1. The van der Waals surface area contributed by atoms with Crippen molar-refractivity contribution in [3.8, 4) is 5.75 Å². The smallest absolute Gasteiger partial charge is 0.308 e. The van der Waals surface area contributed by atoms with Gasteiger partial charge in [-0.05, 0) is 81.8 Å². The number of hydrogen-bond donors (Lipinski definition) is 1. The summed E-state index contributed by atoms with van der Waals surface area (Å²) < 4.78 is 11.6. The van der Waals surface area contributed by atoms with Gasteiger partial charge in [-0.3, -0.25) is 14.4 Å². The molecule has 1 aliphatic heterocycles. The second kappa shape index (κ2) is 12.8. The number of nitrogens with zero attached hydrogens (tertiary/aromatic N) is 1. The molecule has 0 aromatic heterocycles. The second-order valence-corrected chi connectivity index (χ2v) is 11.3. The number of ether oxygens (including phenoxy) is 2. The molecule has 39 heavy (non-hydrogen) atoms. The van der Waals surface area contributed by atoms with E-state index in [2.05, 4.69) is 41.5 Å². The van der Waals surface area contributed by atoms with Crippen molar-refractivity contribution in [2.24, 2.45) is 0 Å². The lowest BCUT2D eigenvalue weighted by Gasteiger charge is -2.59. The minimum absolute atomic E-state index is 0.0220. The second-order valence-electron chi connectivity index (χ2n) is 11.3. The number of hydrogen-bond acceptors (Lipinski definition) is 6. The largest absolute Gasteiger partial charge is 0.457 e. The van der Waals surface area contributed by atoms with Crippen molar-refractivity contribution >= 4 is 17.8 Å². The molecule has 0 unspecified atom stereocenters. The van der Waals surface area contributed by atoms with Gasteiger partial charge in [-0.2, -0.15) is 0 Å². The molecule has 1 saturated heterocycles. The molecule has 7 nitrogen and oxygen atoms in total. The lowest BCUT2D eigenvalue weighted by atomic mass is 9.55. The van der Waals surface area contributed by atoms with Crippen LogP contribution in [0.4, 0.5) is 0 Å². The number of esters is 2. The molecule has 1 heterocycles. The Morgan fingerprint density at radius 1 is 0.974 bits per heavy atom. The topological polar surface area (TPSA) is 84.9 Å². The maximum atomic E-state index is 13.0. The number of fused-ring (bicyclic) bond motifs is 1. The molecule has 3 atom stereocenters. The first-order valence-corrected chi connectivity index (χ1v) is 14.2. The summed E-state index contributed by atoms with van der Waals surface area (Å²) in [7, 11) is 2.05. The van der Waals surface area contributed by atoms with Crippen molar-refractivity contribution in [1.82, 2.24) is 10.2 Å². The minimum Gasteiger partial charge on any atom is -0.457 e. The molecule has 2 aromatic rings. The highest BCUT2D eigenvalue weighted by Crippen LogP contribution is 2.54. The van der Waals surface area contributed by atoms with E-state index in [1.165, 1.54) is 19.4 Å². The van der Waals surface area contributed by atoms with Gasteiger partial charge in [0, 0.05) is 38.3 Å². The first kappa shape index (κ1) is 28.8. The number of nitrogens with one attached hydrogen (secondary N) is 1. The molecule has 210 valence electrons. The molecule has 1 saturated carbocycles. The van der Waals surface area contributed by atoms with Crippen LogP contribution < -0.4 is 10.1 Å². The zero-order valence-corrected chi connectivity index (χ0v) is 23.5. The molecule has 4 rings (SSSR count). The van der Waals surface area contributed by atoms with Crippen LogP contribution >= 0.6 is 0 Å². The Balaban J connectivity index is 1.47. The molecule has 1 amide bonds. The van der Waals surface area contributed by atoms with Crippen molar-refractivity contribution in [2.45, 2.75) is 88.7 Å². The molecule has 1 N–H and O–H groups in total. The van der Waals surface area contributed by atoms with Gasteiger partial charge >= 0.3 is 11.9 Å². The molecule has 7 heteroatoms. The summed E-state index contributed by atoms with van der Waals surface area (Å²) >= 11 is 0. The van der Waals surface area contributed by atoms with Crippen LogP contribution in [-0.2, 0) is 31.0 Å². The van der Waals surface area contributed by atoms with Crippen LogP contribution in [0, 0.1) is 0 Å². The Kier molecular flexibility index (Phi) is 9.44. The van der Waals surface area contributed by atoms with Crippen LogP contribution in [0.2, 0.25) is 0 Å². The van der Waals surface area contributed by atoms with Gasteiger partial charge in [0.05, 0.1) is 0 Å². The number of benzene rings is 2. The normalized spacial score (nSPS) is 24.8. The number of rotatable bonds is 10. The van der Waals surface area contributed by atoms with E-state index in [1.807, 2.05) is 24.3 Å². The molecular weight excluding hydrogens is 492 g/mol. The summed E-state index contributed by atoms with van der Waals surface area (Å²) in [6.07, 6.45) is 7.32. The maximum Gasteiger partial charge on any atom is 0.308 e. The standard InChI is InChI=1S/C32H42N2O5/c1-24(35)38-29-15-10-14-27(21-29)31-19-20-34(3)23-32(31,39-25(2)36)18-17-28(22-31)33-30(37)16-9-5-8-13-26-11-6-4-7-12-26/h4,6-7,10-12,14-15,21,28H,5,8-9,13,16-20,22-23H2,1-3H3,(H,33,37)/t28-,31-,32-/m0/s1. The van der Waals surface area contributed by atoms with Crippen LogP contribution in [0.3, 0.4) is 0 Å². The van der Waals surface area contributed by atoms with Crippen molar-refractivity contribution in [3.05, 3.63) is 65.7 Å². The SMILES string of the molecule is CC(=O)Oc1cccc([C@@]23CCN(C)C[C@@]2(OC(C)=O)CC[C@H](NC(=O)CCCCCc2ccccc2)C3)c1. The van der Waals surface area contributed by atoms with E-state index in [1.54, 1.807) is 6.07 Å². The zero-order valence-electron chi connectivity index (χ0n) is 23.5. The van der Waals surface area contributed by atoms with Crippen molar-refractivity contribution in [1.29, 1.82) is 0 Å². The number of amides is 1. The van der Waals surface area contributed by atoms with E-state index in [9.17, 15) is 14.4 Å². The Labute approximate surface area is 232 Å². The first-order chi connectivity index (χ1) is 18.7. The van der Waals surface area contributed by atoms with Gasteiger partial charge in [0.15, 0.2) is 0 Å². The molecule has 2 fully saturated rings. The molecule has 0 spiro atoms. The van der Waals surface area contributed by atoms with E-state index in [-0.39, 0.29) is 23.9 Å². The lowest BCUT2D eigenvalue weighted by molar-refractivity contribution is -0.185. The zero-order chi connectivity index (χ0) is 27.9. The number of unbranched alkanes of at least 4 members (excludes halogenated alkanes) is 2. The Bertz CT molecular complexity index is 1150. The fraction of sp³-hybridized carbons (Fsp3) is 0.531. The van der Waals surface area contributed by atoms with Gasteiger partial charge in [0.25, 0.3) is 0 Å². The highest BCUT2D eigenvalue weighted by molar-refractivity contribution is 5.76. The number of carbonyl (C=O) groups is 3. The Hall–Kier alpha value is -3.19. The Morgan fingerprint density at radius 3 is 2.51 bits per heavy atom. The summed E-state index contributed by atoms with van der Waals surface area (Å²) in [5.74, 6) is -0.122. The van der Waals surface area contributed by atoms with Crippen molar-refractivity contribution in [2.75, 3.05) is 20.1 Å². The van der Waals surface area contributed by atoms with Crippen molar-refractivity contribution in [3.63, 3.8) is 0 Å². The molecule has 0 bridgehead atoms. The molecule has 2 aliphatic rings. The predicted octanol–water partition coefficient (Wildman–Crippen LogP) is 4.96. The van der Waals surface area contributed by atoms with Gasteiger partial charge < -0.3 is 19.7 Å². The monoisotopic (exact) mass is 534 g/mol. The fourth-order valence-electron chi connectivity index (χ4n) is 6.68. The number of likely N-dealkylation sites (tertiary alicyclic amines) is 1. The third-order valence-electron chi connectivity index (χ3n) is 8.37. The molecule has 0 radical (unpaired) electrons. The summed E-state index contributed by atoms with van der Waals surface area (Å²) in [4.78, 5) is 39.2. The summed E-state index contributed by atoms with van der Waals surface area (Å²) in [5, 5.41) is 3.31. The van der Waals surface area contributed by atoms with Gasteiger partial charge in [0.1, 0.15) is 11.4 Å². The van der Waals surface area contributed by atoms with Crippen LogP contribution in [0.15, 0.2) is 54.6 Å². The number of aryl methyl sites for hydroxylation is 1. The van der Waals surface area contributed by atoms with Gasteiger partial charge in [-0.25, -0.2) is 0 Å². The van der Waals surface area contributed by atoms with Gasteiger partial charge in [-0.1, -0.05) is 48.9 Å². The molecule has 2 aromatic carbocycles. The van der Waals surface area contributed by atoms with E-state index >= 15 is 0 Å².